The quantitative estimate of drug-likeness (QED) is 0.546. The molecule has 0 aliphatic heterocycles. The number of aromatic hydroxyl groups is 1. The largest absolute Gasteiger partial charge is 0.505 e. The Labute approximate surface area is 165 Å². The molecule has 0 aliphatic carbocycles. The van der Waals surface area contributed by atoms with Gasteiger partial charge < -0.3 is 5.11 Å². The minimum absolute atomic E-state index is 0.0394. The predicted molar refractivity (Wildman–Crippen MR) is 107 cm³/mol. The van der Waals surface area contributed by atoms with Crippen molar-refractivity contribution in [1.29, 1.82) is 0 Å². The maximum atomic E-state index is 12.8. The van der Waals surface area contributed by atoms with E-state index in [0.717, 1.165) is 4.47 Å². The van der Waals surface area contributed by atoms with Crippen LogP contribution < -0.4 is 5.56 Å². The molecule has 1 aromatic heterocycles. The van der Waals surface area contributed by atoms with Crippen LogP contribution in [-0.2, 0) is 6.42 Å². The number of fused-ring (bicyclic) bond motifs is 1. The molecule has 25 heavy (non-hydrogen) atoms. The first-order valence-corrected chi connectivity index (χ1v) is 9.30. The lowest BCUT2D eigenvalue weighted by Crippen LogP contribution is -2.22. The molecule has 0 aliphatic rings. The van der Waals surface area contributed by atoms with Crippen LogP contribution in [0.15, 0.2) is 49.2 Å². The van der Waals surface area contributed by atoms with Gasteiger partial charge in [0.1, 0.15) is 11.6 Å². The van der Waals surface area contributed by atoms with E-state index in [1.807, 2.05) is 13.0 Å². The van der Waals surface area contributed by atoms with E-state index in [-0.39, 0.29) is 16.3 Å². The van der Waals surface area contributed by atoms with E-state index < -0.39 is 0 Å². The summed E-state index contributed by atoms with van der Waals surface area (Å²) in [6, 6.07) is 8.59. The van der Waals surface area contributed by atoms with Gasteiger partial charge in [-0.15, -0.1) is 0 Å². The fraction of sp³-hybridized carbons (Fsp3) is 0.118. The molecule has 0 amide bonds. The van der Waals surface area contributed by atoms with Gasteiger partial charge in [-0.2, -0.15) is 9.78 Å². The summed E-state index contributed by atoms with van der Waals surface area (Å²) >= 11 is 12.5. The number of halogens is 3. The summed E-state index contributed by atoms with van der Waals surface area (Å²) in [6.45, 7) is 1.91. The Bertz CT molecular complexity index is 1040. The molecule has 2 aromatic carbocycles. The van der Waals surface area contributed by atoms with Gasteiger partial charge in [-0.05, 0) is 51.8 Å². The third-order valence-corrected chi connectivity index (χ3v) is 4.94. The van der Waals surface area contributed by atoms with Crippen molar-refractivity contribution in [2.24, 2.45) is 5.10 Å². The van der Waals surface area contributed by atoms with Gasteiger partial charge in [-0.25, -0.2) is 4.98 Å². The molecule has 0 saturated heterocycles. The lowest BCUT2D eigenvalue weighted by Gasteiger charge is -2.08. The van der Waals surface area contributed by atoms with Gasteiger partial charge in [0.2, 0.25) is 0 Å². The molecule has 3 rings (SSSR count). The molecule has 5 nitrogen and oxygen atoms in total. The predicted octanol–water partition coefficient (Wildman–Crippen LogP) is 4.73. The summed E-state index contributed by atoms with van der Waals surface area (Å²) in [5.74, 6) is 0.516. The Morgan fingerprint density at radius 1 is 1.32 bits per heavy atom. The normalized spacial score (nSPS) is 11.5. The van der Waals surface area contributed by atoms with Crippen molar-refractivity contribution >= 4 is 60.6 Å². The topological polar surface area (TPSA) is 67.5 Å². The summed E-state index contributed by atoms with van der Waals surface area (Å²) in [6.07, 6.45) is 2.06. The maximum Gasteiger partial charge on any atom is 0.282 e. The van der Waals surface area contributed by atoms with E-state index in [1.165, 1.54) is 10.9 Å². The summed E-state index contributed by atoms with van der Waals surface area (Å²) in [5, 5.41) is 14.6. The van der Waals surface area contributed by atoms with Crippen molar-refractivity contribution in [2.45, 2.75) is 13.3 Å². The zero-order valence-electron chi connectivity index (χ0n) is 13.0. The minimum Gasteiger partial charge on any atom is -0.505 e. The van der Waals surface area contributed by atoms with Crippen LogP contribution in [0, 0.1) is 0 Å². The third kappa shape index (κ3) is 3.63. The van der Waals surface area contributed by atoms with Crippen LogP contribution in [-0.4, -0.2) is 21.0 Å². The fourth-order valence-electron chi connectivity index (χ4n) is 2.33. The van der Waals surface area contributed by atoms with E-state index in [0.29, 0.717) is 33.2 Å². The summed E-state index contributed by atoms with van der Waals surface area (Å²) in [5.41, 5.74) is 1.02. The molecule has 0 spiro atoms. The maximum absolute atomic E-state index is 12.8. The van der Waals surface area contributed by atoms with Gasteiger partial charge >= 0.3 is 0 Å². The second-order valence-electron chi connectivity index (χ2n) is 5.24. The van der Waals surface area contributed by atoms with Gasteiger partial charge in [0.25, 0.3) is 5.56 Å². The van der Waals surface area contributed by atoms with Crippen LogP contribution in [0.3, 0.4) is 0 Å². The molecule has 0 bridgehead atoms. The number of nitrogens with zero attached hydrogens (tertiary/aromatic N) is 3. The second-order valence-corrected chi connectivity index (χ2v) is 7.41. The van der Waals surface area contributed by atoms with Gasteiger partial charge in [0.05, 0.1) is 26.6 Å². The van der Waals surface area contributed by atoms with Crippen LogP contribution in [0.2, 0.25) is 5.02 Å². The van der Waals surface area contributed by atoms with Crippen molar-refractivity contribution in [2.75, 3.05) is 0 Å². The minimum atomic E-state index is -0.247. The van der Waals surface area contributed by atoms with Crippen molar-refractivity contribution < 1.29 is 5.11 Å². The first kappa shape index (κ1) is 18.1. The number of aryl methyl sites for hydroxylation is 1. The Hall–Kier alpha value is -1.70. The molecule has 128 valence electrons. The number of phenols is 1. The highest BCUT2D eigenvalue weighted by molar-refractivity contribution is 9.10. The van der Waals surface area contributed by atoms with Crippen LogP contribution >= 0.6 is 43.5 Å². The second kappa shape index (κ2) is 7.27. The van der Waals surface area contributed by atoms with Crippen molar-refractivity contribution in [3.63, 3.8) is 0 Å². The van der Waals surface area contributed by atoms with Gasteiger partial charge in [-0.1, -0.05) is 34.5 Å². The Morgan fingerprint density at radius 2 is 2.08 bits per heavy atom. The molecule has 1 heterocycles. The van der Waals surface area contributed by atoms with Crippen molar-refractivity contribution in [3.05, 3.63) is 66.0 Å². The number of rotatable bonds is 3. The lowest BCUT2D eigenvalue weighted by molar-refractivity contribution is 0.472. The molecule has 0 fully saturated rings. The molecule has 1 N–H and O–H groups in total. The number of hydrogen-bond acceptors (Lipinski definition) is 4. The number of phenolic OH excluding ortho intramolecular Hbond substituents is 1. The standard InChI is InChI=1S/C17H12Br2ClN3O2/c1-2-15-22-14-4-3-10(18)7-11(14)17(25)23(15)21-8-9-5-12(19)16(24)13(20)6-9/h3-8,24H,2H2,1H3. The molecule has 0 saturated carbocycles. The Balaban J connectivity index is 2.15. The molecular formula is C17H12Br2ClN3O2. The molecule has 0 unspecified atom stereocenters. The van der Waals surface area contributed by atoms with E-state index in [2.05, 4.69) is 41.9 Å². The van der Waals surface area contributed by atoms with Crippen LogP contribution in [0.1, 0.15) is 18.3 Å². The van der Waals surface area contributed by atoms with Gasteiger partial charge in [0.15, 0.2) is 0 Å². The molecule has 0 atom stereocenters. The van der Waals surface area contributed by atoms with Crippen molar-refractivity contribution in [3.8, 4) is 5.75 Å². The van der Waals surface area contributed by atoms with E-state index >= 15 is 0 Å². The average Bonchev–Trinajstić information content (AvgIpc) is 2.59. The van der Waals surface area contributed by atoms with Crippen LogP contribution in [0.5, 0.6) is 5.75 Å². The zero-order valence-corrected chi connectivity index (χ0v) is 16.9. The average molecular weight is 486 g/mol. The summed E-state index contributed by atoms with van der Waals surface area (Å²) in [4.78, 5) is 17.3. The SMILES string of the molecule is CCc1nc2ccc(Br)cc2c(=O)n1N=Cc1cc(Cl)c(O)c(Br)c1. The fourth-order valence-corrected chi connectivity index (χ4v) is 3.51. The van der Waals surface area contributed by atoms with Crippen LogP contribution in [0.4, 0.5) is 0 Å². The lowest BCUT2D eigenvalue weighted by atomic mass is 10.2. The smallest absolute Gasteiger partial charge is 0.282 e. The van der Waals surface area contributed by atoms with Gasteiger partial charge in [-0.3, -0.25) is 4.79 Å². The van der Waals surface area contributed by atoms with Crippen molar-refractivity contribution in [1.82, 2.24) is 9.66 Å². The van der Waals surface area contributed by atoms with E-state index in [9.17, 15) is 9.90 Å². The highest BCUT2D eigenvalue weighted by Crippen LogP contribution is 2.32. The molecule has 3 aromatic rings. The molecule has 8 heteroatoms. The first-order valence-electron chi connectivity index (χ1n) is 7.34. The third-order valence-electron chi connectivity index (χ3n) is 3.55. The molecular weight excluding hydrogens is 473 g/mol. The first-order chi connectivity index (χ1) is 11.9. The van der Waals surface area contributed by atoms with E-state index in [4.69, 9.17) is 11.6 Å². The summed E-state index contributed by atoms with van der Waals surface area (Å²) < 4.78 is 2.53. The Kier molecular flexibility index (Phi) is 5.27. The Morgan fingerprint density at radius 3 is 2.76 bits per heavy atom. The number of aromatic nitrogens is 2. The monoisotopic (exact) mass is 483 g/mol. The molecule has 0 radical (unpaired) electrons. The zero-order chi connectivity index (χ0) is 18.1. The highest BCUT2D eigenvalue weighted by atomic mass is 79.9. The highest BCUT2D eigenvalue weighted by Gasteiger charge is 2.10. The van der Waals surface area contributed by atoms with Crippen LogP contribution in [0.25, 0.3) is 10.9 Å². The number of hydrogen-bond donors (Lipinski definition) is 1. The van der Waals surface area contributed by atoms with Gasteiger partial charge in [0, 0.05) is 10.9 Å². The van der Waals surface area contributed by atoms with E-state index in [1.54, 1.807) is 24.3 Å². The summed E-state index contributed by atoms with van der Waals surface area (Å²) in [7, 11) is 0. The number of benzene rings is 2.